The Morgan fingerprint density at radius 2 is 1.57 bits per heavy atom. The van der Waals surface area contributed by atoms with Crippen molar-refractivity contribution in [3.63, 3.8) is 0 Å². The van der Waals surface area contributed by atoms with E-state index in [1.54, 1.807) is 0 Å². The molecule has 0 spiro atoms. The normalized spacial score (nSPS) is 10.6. The largest absolute Gasteiger partial charge is 0.441 e. The molecule has 148 valence electrons. The molecular weight excluding hydrogens is 461 g/mol. The van der Waals surface area contributed by atoms with Crippen LogP contribution in [-0.2, 0) is 4.43 Å². The van der Waals surface area contributed by atoms with Gasteiger partial charge in [-0.05, 0) is 68.1 Å². The minimum atomic E-state index is 0.377. The molecule has 3 rings (SSSR count). The molecule has 0 fully saturated rings. The van der Waals surface area contributed by atoms with Crippen LogP contribution >= 0.6 is 22.6 Å². The van der Waals surface area contributed by atoms with E-state index in [1.807, 2.05) is 32.0 Å². The summed E-state index contributed by atoms with van der Waals surface area (Å²) in [5.41, 5.74) is 7.85. The van der Waals surface area contributed by atoms with Crippen molar-refractivity contribution in [3.05, 3.63) is 75.7 Å². The number of aromatic nitrogens is 1. The summed E-state index contributed by atoms with van der Waals surface area (Å²) >= 11 is 2.33. The molecule has 0 saturated heterocycles. The molecule has 0 radical (unpaired) electrons. The van der Waals surface area contributed by atoms with Gasteiger partial charge in [0.15, 0.2) is 0 Å². The SMILES string of the molecule is Cc1ccc(-c2nc(CI)c(C(C)C)o2)cc1C.Cc1ccc(C=O)cc1C. The summed E-state index contributed by atoms with van der Waals surface area (Å²) in [6.45, 7) is 12.5. The van der Waals surface area contributed by atoms with Gasteiger partial charge in [0.05, 0.1) is 5.69 Å². The Labute approximate surface area is 181 Å². The van der Waals surface area contributed by atoms with Crippen molar-refractivity contribution in [2.24, 2.45) is 0 Å². The molecule has 0 aliphatic heterocycles. The number of hydrogen-bond donors (Lipinski definition) is 0. The van der Waals surface area contributed by atoms with Gasteiger partial charge in [0.1, 0.15) is 12.0 Å². The summed E-state index contributed by atoms with van der Waals surface area (Å²) in [6, 6.07) is 12.0. The van der Waals surface area contributed by atoms with Crippen LogP contribution in [0.3, 0.4) is 0 Å². The Kier molecular flexibility index (Phi) is 7.98. The molecule has 1 heterocycles. The maximum Gasteiger partial charge on any atom is 0.226 e. The van der Waals surface area contributed by atoms with E-state index in [0.29, 0.717) is 5.92 Å². The first kappa shape index (κ1) is 22.3. The van der Waals surface area contributed by atoms with E-state index in [1.165, 1.54) is 22.3 Å². The highest BCUT2D eigenvalue weighted by Crippen LogP contribution is 2.29. The number of benzene rings is 2. The number of carbonyl (C=O) groups is 1. The van der Waals surface area contributed by atoms with E-state index in [4.69, 9.17) is 4.42 Å². The lowest BCUT2D eigenvalue weighted by molar-refractivity contribution is 0.112. The van der Waals surface area contributed by atoms with Crippen molar-refractivity contribution in [3.8, 4) is 11.5 Å². The molecule has 0 unspecified atom stereocenters. The second kappa shape index (κ2) is 10.0. The standard InChI is InChI=1S/C15H18INO.C9H10O/c1-9(2)14-13(8-16)17-15(18-14)12-6-5-10(3)11(4)7-12;1-7-3-4-9(6-10)5-8(7)2/h5-7,9H,8H2,1-4H3;3-6H,1-2H3. The highest BCUT2D eigenvalue weighted by molar-refractivity contribution is 14.1. The maximum atomic E-state index is 10.3. The lowest BCUT2D eigenvalue weighted by atomic mass is 10.1. The van der Waals surface area contributed by atoms with Gasteiger partial charge >= 0.3 is 0 Å². The molecule has 1 aromatic heterocycles. The fourth-order valence-electron chi connectivity index (χ4n) is 2.75. The predicted molar refractivity (Wildman–Crippen MR) is 125 cm³/mol. The van der Waals surface area contributed by atoms with Gasteiger partial charge < -0.3 is 4.42 Å². The Balaban J connectivity index is 0.000000237. The summed E-state index contributed by atoms with van der Waals surface area (Å²) in [5, 5.41) is 0. The third-order valence-electron chi connectivity index (χ3n) is 4.80. The maximum absolute atomic E-state index is 10.3. The monoisotopic (exact) mass is 489 g/mol. The van der Waals surface area contributed by atoms with Crippen LogP contribution in [0.25, 0.3) is 11.5 Å². The van der Waals surface area contributed by atoms with Crippen molar-refractivity contribution in [2.45, 2.75) is 51.9 Å². The van der Waals surface area contributed by atoms with E-state index < -0.39 is 0 Å². The van der Waals surface area contributed by atoms with Gasteiger partial charge in [0, 0.05) is 21.5 Å². The van der Waals surface area contributed by atoms with Crippen LogP contribution in [0.15, 0.2) is 40.8 Å². The van der Waals surface area contributed by atoms with Gasteiger partial charge in [-0.15, -0.1) is 0 Å². The molecule has 0 atom stereocenters. The van der Waals surface area contributed by atoms with Crippen LogP contribution in [-0.4, -0.2) is 11.3 Å². The molecule has 0 aliphatic carbocycles. The first-order chi connectivity index (χ1) is 13.3. The molecule has 3 nitrogen and oxygen atoms in total. The van der Waals surface area contributed by atoms with Gasteiger partial charge in [0.25, 0.3) is 0 Å². The van der Waals surface area contributed by atoms with Gasteiger partial charge in [-0.1, -0.05) is 54.6 Å². The summed E-state index contributed by atoms with van der Waals surface area (Å²) < 4.78 is 6.82. The molecule has 0 bridgehead atoms. The third kappa shape index (κ3) is 5.53. The average Bonchev–Trinajstić information content (AvgIpc) is 3.11. The number of aldehydes is 1. The van der Waals surface area contributed by atoms with E-state index in [0.717, 1.165) is 39.2 Å². The van der Waals surface area contributed by atoms with Crippen LogP contribution in [0.4, 0.5) is 0 Å². The minimum Gasteiger partial charge on any atom is -0.441 e. The van der Waals surface area contributed by atoms with Gasteiger partial charge in [-0.2, -0.15) is 0 Å². The van der Waals surface area contributed by atoms with Crippen molar-refractivity contribution in [1.82, 2.24) is 4.98 Å². The Morgan fingerprint density at radius 1 is 0.964 bits per heavy atom. The number of oxazole rings is 1. The van der Waals surface area contributed by atoms with E-state index >= 15 is 0 Å². The second-order valence-electron chi connectivity index (χ2n) is 7.38. The topological polar surface area (TPSA) is 43.1 Å². The Bertz CT molecular complexity index is 957. The second-order valence-corrected chi connectivity index (χ2v) is 8.14. The number of nitrogens with zero attached hydrogens (tertiary/aromatic N) is 1. The van der Waals surface area contributed by atoms with Crippen LogP contribution in [0, 0.1) is 27.7 Å². The fraction of sp³-hybridized carbons (Fsp3) is 0.333. The zero-order valence-corrected chi connectivity index (χ0v) is 19.6. The quantitative estimate of drug-likeness (QED) is 0.222. The van der Waals surface area contributed by atoms with Crippen LogP contribution in [0.1, 0.15) is 63.8 Å². The molecule has 28 heavy (non-hydrogen) atoms. The minimum absolute atomic E-state index is 0.377. The first-order valence-corrected chi connectivity index (χ1v) is 10.9. The van der Waals surface area contributed by atoms with E-state index in [2.05, 4.69) is 73.5 Å². The average molecular weight is 489 g/mol. The lowest BCUT2D eigenvalue weighted by Gasteiger charge is -2.02. The summed E-state index contributed by atoms with van der Waals surface area (Å²) in [5.74, 6) is 2.13. The van der Waals surface area contributed by atoms with Gasteiger partial charge in [0.2, 0.25) is 5.89 Å². The number of carbonyl (C=O) groups excluding carboxylic acids is 1. The molecule has 0 saturated carbocycles. The summed E-state index contributed by atoms with van der Waals surface area (Å²) in [6.07, 6.45) is 0.867. The Morgan fingerprint density at radius 3 is 2.04 bits per heavy atom. The molecule has 0 aliphatic rings. The van der Waals surface area contributed by atoms with Crippen LogP contribution in [0.5, 0.6) is 0 Å². The van der Waals surface area contributed by atoms with Crippen LogP contribution in [0.2, 0.25) is 0 Å². The summed E-state index contributed by atoms with van der Waals surface area (Å²) in [4.78, 5) is 14.9. The number of aryl methyl sites for hydroxylation is 4. The molecule has 2 aromatic carbocycles. The molecular formula is C24H28INO2. The zero-order valence-electron chi connectivity index (χ0n) is 17.5. The fourth-order valence-corrected chi connectivity index (χ4v) is 3.29. The van der Waals surface area contributed by atoms with Crippen LogP contribution < -0.4 is 0 Å². The van der Waals surface area contributed by atoms with E-state index in [-0.39, 0.29) is 0 Å². The van der Waals surface area contributed by atoms with Crippen molar-refractivity contribution in [2.75, 3.05) is 0 Å². The summed E-state index contributed by atoms with van der Waals surface area (Å²) in [7, 11) is 0. The number of halogens is 1. The lowest BCUT2D eigenvalue weighted by Crippen LogP contribution is -1.89. The van der Waals surface area contributed by atoms with Crippen molar-refractivity contribution in [1.29, 1.82) is 0 Å². The number of rotatable bonds is 4. The third-order valence-corrected chi connectivity index (χ3v) is 5.52. The Hall–Kier alpha value is -1.95. The molecule has 3 aromatic rings. The molecule has 0 N–H and O–H groups in total. The smallest absolute Gasteiger partial charge is 0.226 e. The van der Waals surface area contributed by atoms with Crippen molar-refractivity contribution >= 4 is 28.9 Å². The van der Waals surface area contributed by atoms with Gasteiger partial charge in [-0.25, -0.2) is 4.98 Å². The van der Waals surface area contributed by atoms with Gasteiger partial charge in [-0.3, -0.25) is 4.79 Å². The highest BCUT2D eigenvalue weighted by atomic mass is 127. The van der Waals surface area contributed by atoms with Crippen molar-refractivity contribution < 1.29 is 9.21 Å². The predicted octanol–water partition coefficient (Wildman–Crippen LogP) is 7.13. The molecule has 4 heteroatoms. The first-order valence-electron chi connectivity index (χ1n) is 9.42. The number of hydrogen-bond acceptors (Lipinski definition) is 3. The number of alkyl halides is 1. The molecule has 0 amide bonds. The highest BCUT2D eigenvalue weighted by Gasteiger charge is 2.16. The zero-order chi connectivity index (χ0) is 20.8. The van der Waals surface area contributed by atoms with E-state index in [9.17, 15) is 4.79 Å².